The molecule has 0 aromatic rings. The van der Waals surface area contributed by atoms with E-state index in [1.807, 2.05) is 5.32 Å². The Labute approximate surface area is 101 Å². The van der Waals surface area contributed by atoms with Crippen molar-refractivity contribution >= 4 is 11.9 Å². The molecule has 0 saturated carbocycles. The van der Waals surface area contributed by atoms with E-state index in [1.165, 1.54) is 6.92 Å². The predicted octanol–water partition coefficient (Wildman–Crippen LogP) is -0.520. The number of nitrogens with one attached hydrogen (secondary N) is 2. The van der Waals surface area contributed by atoms with Crippen molar-refractivity contribution in [3.63, 3.8) is 0 Å². The van der Waals surface area contributed by atoms with E-state index < -0.39 is 43.2 Å². The predicted molar refractivity (Wildman–Crippen MR) is 54.8 cm³/mol. The first-order valence-corrected chi connectivity index (χ1v) is 5.00. The molecule has 0 heterocycles. The molecule has 0 aromatic carbocycles. The average Bonchev–Trinajstić information content (AvgIpc) is 2.10. The maximum absolute atomic E-state index is 11.7. The number of carboxylic acid groups (broad SMARTS) is 1. The number of carbonyl (C=O) groups excluding carboxylic acids is 1. The fourth-order valence-electron chi connectivity index (χ4n) is 1.06. The monoisotopic (exact) mass is 272 g/mol. The van der Waals surface area contributed by atoms with E-state index in [2.05, 4.69) is 5.32 Å². The maximum atomic E-state index is 11.7. The van der Waals surface area contributed by atoms with Gasteiger partial charge in [0.2, 0.25) is 5.91 Å². The molecule has 6 nitrogen and oxygen atoms in total. The Morgan fingerprint density at radius 2 is 1.78 bits per heavy atom. The number of amides is 1. The zero-order valence-corrected chi connectivity index (χ0v) is 9.67. The summed E-state index contributed by atoms with van der Waals surface area (Å²) in [6, 6.07) is 0. The molecule has 9 heteroatoms. The van der Waals surface area contributed by atoms with Crippen LogP contribution in [0.5, 0.6) is 0 Å². The quantitative estimate of drug-likeness (QED) is 0.500. The highest BCUT2D eigenvalue weighted by atomic mass is 19.4. The lowest BCUT2D eigenvalue weighted by molar-refractivity contribution is -0.142. The van der Waals surface area contributed by atoms with Crippen LogP contribution in [0, 0.1) is 0 Å². The zero-order valence-electron chi connectivity index (χ0n) is 9.67. The molecule has 0 bridgehead atoms. The van der Waals surface area contributed by atoms with Crippen LogP contribution in [0.25, 0.3) is 0 Å². The zero-order chi connectivity index (χ0) is 14.4. The van der Waals surface area contributed by atoms with E-state index in [-0.39, 0.29) is 6.54 Å². The molecule has 0 radical (unpaired) electrons. The number of aliphatic carboxylic acids is 1. The number of carbonyl (C=O) groups is 2. The second-order valence-electron chi connectivity index (χ2n) is 4.06. The lowest BCUT2D eigenvalue weighted by atomic mass is 10.0. The lowest BCUT2D eigenvalue weighted by Gasteiger charge is -2.21. The number of rotatable bonds is 7. The molecule has 0 spiro atoms. The van der Waals surface area contributed by atoms with Gasteiger partial charge < -0.3 is 20.8 Å². The minimum atomic E-state index is -4.41. The van der Waals surface area contributed by atoms with Crippen molar-refractivity contribution in [1.29, 1.82) is 0 Å². The Kier molecular flexibility index (Phi) is 6.06. The normalized spacial score (nSPS) is 14.9. The summed E-state index contributed by atoms with van der Waals surface area (Å²) in [6.07, 6.45) is -4.99. The van der Waals surface area contributed by atoms with Crippen LogP contribution >= 0.6 is 0 Å². The van der Waals surface area contributed by atoms with Crippen LogP contribution < -0.4 is 10.6 Å². The van der Waals surface area contributed by atoms with Crippen LogP contribution in [0.15, 0.2) is 0 Å². The fourth-order valence-corrected chi connectivity index (χ4v) is 1.06. The van der Waals surface area contributed by atoms with Gasteiger partial charge in [-0.25, -0.2) is 0 Å². The molecule has 1 atom stereocenters. The maximum Gasteiger partial charge on any atom is 0.401 e. The van der Waals surface area contributed by atoms with Gasteiger partial charge in [0.05, 0.1) is 25.1 Å². The van der Waals surface area contributed by atoms with Crippen molar-refractivity contribution in [2.45, 2.75) is 25.1 Å². The van der Waals surface area contributed by atoms with Gasteiger partial charge in [0.1, 0.15) is 0 Å². The minimum Gasteiger partial charge on any atom is -0.481 e. The molecular weight excluding hydrogens is 257 g/mol. The Balaban J connectivity index is 3.86. The Hall–Kier alpha value is -1.35. The van der Waals surface area contributed by atoms with Gasteiger partial charge in [0.15, 0.2) is 0 Å². The number of alkyl halides is 3. The van der Waals surface area contributed by atoms with E-state index in [0.717, 1.165) is 0 Å². The molecule has 0 aliphatic carbocycles. The van der Waals surface area contributed by atoms with E-state index in [0.29, 0.717) is 0 Å². The summed E-state index contributed by atoms with van der Waals surface area (Å²) in [4.78, 5) is 21.4. The third-order valence-corrected chi connectivity index (χ3v) is 1.81. The first-order valence-electron chi connectivity index (χ1n) is 5.00. The van der Waals surface area contributed by atoms with Crippen molar-refractivity contribution in [2.24, 2.45) is 0 Å². The molecule has 0 aliphatic rings. The third kappa shape index (κ3) is 9.85. The van der Waals surface area contributed by atoms with Gasteiger partial charge in [-0.05, 0) is 6.92 Å². The average molecular weight is 272 g/mol. The summed E-state index contributed by atoms with van der Waals surface area (Å²) >= 11 is 0. The lowest BCUT2D eigenvalue weighted by Crippen LogP contribution is -2.45. The molecule has 4 N–H and O–H groups in total. The van der Waals surface area contributed by atoms with Gasteiger partial charge in [-0.15, -0.1) is 0 Å². The Morgan fingerprint density at radius 1 is 1.22 bits per heavy atom. The molecule has 0 rings (SSSR count). The molecule has 1 amide bonds. The molecule has 106 valence electrons. The van der Waals surface area contributed by atoms with Crippen molar-refractivity contribution < 1.29 is 33.0 Å². The number of carboxylic acids is 1. The fraction of sp³-hybridized carbons (Fsp3) is 0.778. The molecule has 0 aromatic heterocycles. The number of halogens is 3. The van der Waals surface area contributed by atoms with Gasteiger partial charge in [-0.2, -0.15) is 13.2 Å². The van der Waals surface area contributed by atoms with Crippen LogP contribution in [0.3, 0.4) is 0 Å². The van der Waals surface area contributed by atoms with Crippen molar-refractivity contribution in [2.75, 3.05) is 19.6 Å². The summed E-state index contributed by atoms with van der Waals surface area (Å²) in [5, 5.41) is 21.9. The largest absolute Gasteiger partial charge is 0.481 e. The van der Waals surface area contributed by atoms with Gasteiger partial charge in [0.25, 0.3) is 0 Å². The van der Waals surface area contributed by atoms with E-state index in [4.69, 9.17) is 5.11 Å². The summed E-state index contributed by atoms with van der Waals surface area (Å²) in [7, 11) is 0. The summed E-state index contributed by atoms with van der Waals surface area (Å²) in [5.41, 5.74) is -1.65. The van der Waals surface area contributed by atoms with Gasteiger partial charge in [-0.1, -0.05) is 0 Å². The standard InChI is InChI=1S/C9H15F3N2O4/c1-8(18,2-7(16)17)4-14-6(15)3-13-5-9(10,11)12/h13,18H,2-5H2,1H3,(H,14,15)(H,16,17). The smallest absolute Gasteiger partial charge is 0.401 e. The molecule has 0 saturated heterocycles. The van der Waals surface area contributed by atoms with E-state index >= 15 is 0 Å². The Morgan fingerprint density at radius 3 is 2.22 bits per heavy atom. The van der Waals surface area contributed by atoms with E-state index in [1.54, 1.807) is 0 Å². The third-order valence-electron chi connectivity index (χ3n) is 1.81. The second kappa shape index (κ2) is 6.55. The van der Waals surface area contributed by atoms with Gasteiger partial charge >= 0.3 is 12.1 Å². The SMILES string of the molecule is CC(O)(CNC(=O)CNCC(F)(F)F)CC(=O)O. The number of aliphatic hydroxyl groups is 1. The summed E-state index contributed by atoms with van der Waals surface area (Å²) in [6.45, 7) is -1.02. The molecule has 18 heavy (non-hydrogen) atoms. The highest BCUT2D eigenvalue weighted by Gasteiger charge is 2.27. The molecule has 0 aliphatic heterocycles. The molecule has 1 unspecified atom stereocenters. The van der Waals surface area contributed by atoms with Gasteiger partial charge in [-0.3, -0.25) is 9.59 Å². The van der Waals surface area contributed by atoms with Crippen LogP contribution in [0.2, 0.25) is 0 Å². The second-order valence-corrected chi connectivity index (χ2v) is 4.06. The number of hydrogen-bond donors (Lipinski definition) is 4. The highest BCUT2D eigenvalue weighted by Crippen LogP contribution is 2.11. The first-order chi connectivity index (χ1) is 8.02. The summed E-state index contributed by atoms with van der Waals surface area (Å²) in [5.74, 6) is -2.01. The Bertz CT molecular complexity index is 305. The van der Waals surface area contributed by atoms with E-state index in [9.17, 15) is 27.9 Å². The summed E-state index contributed by atoms with van der Waals surface area (Å²) < 4.78 is 35.2. The minimum absolute atomic E-state index is 0.355. The highest BCUT2D eigenvalue weighted by molar-refractivity contribution is 5.78. The molecule has 0 fully saturated rings. The topological polar surface area (TPSA) is 98.7 Å². The van der Waals surface area contributed by atoms with Crippen LogP contribution in [0.1, 0.15) is 13.3 Å². The first kappa shape index (κ1) is 16.6. The van der Waals surface area contributed by atoms with Gasteiger partial charge in [0, 0.05) is 6.54 Å². The van der Waals surface area contributed by atoms with Crippen molar-refractivity contribution in [3.05, 3.63) is 0 Å². The van der Waals surface area contributed by atoms with Crippen molar-refractivity contribution in [3.8, 4) is 0 Å². The van der Waals surface area contributed by atoms with Crippen LogP contribution in [0.4, 0.5) is 13.2 Å². The van der Waals surface area contributed by atoms with Crippen LogP contribution in [-0.4, -0.2) is 53.5 Å². The molecular formula is C9H15F3N2O4. The van der Waals surface area contributed by atoms with Crippen LogP contribution in [-0.2, 0) is 9.59 Å². The van der Waals surface area contributed by atoms with Crippen molar-refractivity contribution in [1.82, 2.24) is 10.6 Å². The number of hydrogen-bond acceptors (Lipinski definition) is 4.